The Morgan fingerprint density at radius 2 is 2.17 bits per heavy atom. The molecular weight excluding hydrogens is 230 g/mol. The number of piperidine rings is 1. The Morgan fingerprint density at radius 3 is 2.83 bits per heavy atom. The number of hydrogen-bond donors (Lipinski definition) is 3. The summed E-state index contributed by atoms with van der Waals surface area (Å²) in [5, 5.41) is 5.80. The van der Waals surface area contributed by atoms with E-state index in [9.17, 15) is 9.59 Å². The SMILES string of the molecule is CC1CCC(N)C(C(=O)NC2CCC(=O)NC2)C1. The Bertz CT molecular complexity index is 322. The summed E-state index contributed by atoms with van der Waals surface area (Å²) in [4.78, 5) is 23.2. The van der Waals surface area contributed by atoms with Gasteiger partial charge < -0.3 is 16.4 Å². The summed E-state index contributed by atoms with van der Waals surface area (Å²) >= 11 is 0. The molecule has 2 aliphatic rings. The molecule has 0 aromatic carbocycles. The van der Waals surface area contributed by atoms with Crippen molar-refractivity contribution < 1.29 is 9.59 Å². The van der Waals surface area contributed by atoms with E-state index >= 15 is 0 Å². The molecule has 5 nitrogen and oxygen atoms in total. The highest BCUT2D eigenvalue weighted by molar-refractivity contribution is 5.81. The number of nitrogens with one attached hydrogen (secondary N) is 2. The fourth-order valence-corrected chi connectivity index (χ4v) is 2.87. The van der Waals surface area contributed by atoms with Gasteiger partial charge in [0.25, 0.3) is 0 Å². The van der Waals surface area contributed by atoms with Crippen LogP contribution < -0.4 is 16.4 Å². The lowest BCUT2D eigenvalue weighted by Crippen LogP contribution is -2.52. The number of nitrogens with two attached hydrogens (primary N) is 1. The van der Waals surface area contributed by atoms with Gasteiger partial charge in [0.05, 0.1) is 5.92 Å². The highest BCUT2D eigenvalue weighted by Crippen LogP contribution is 2.28. The molecule has 102 valence electrons. The Morgan fingerprint density at radius 1 is 1.39 bits per heavy atom. The second kappa shape index (κ2) is 5.69. The van der Waals surface area contributed by atoms with Crippen molar-refractivity contribution in [2.75, 3.05) is 6.54 Å². The van der Waals surface area contributed by atoms with E-state index < -0.39 is 0 Å². The molecule has 1 saturated heterocycles. The average Bonchev–Trinajstić information content (AvgIpc) is 2.35. The molecule has 0 aromatic heterocycles. The Labute approximate surface area is 108 Å². The summed E-state index contributed by atoms with van der Waals surface area (Å²) < 4.78 is 0. The van der Waals surface area contributed by atoms with E-state index in [1.54, 1.807) is 0 Å². The predicted octanol–water partition coefficient (Wildman–Crippen LogP) is 0.145. The summed E-state index contributed by atoms with van der Waals surface area (Å²) in [7, 11) is 0. The third kappa shape index (κ3) is 3.22. The molecule has 5 heteroatoms. The lowest BCUT2D eigenvalue weighted by Gasteiger charge is -2.33. The van der Waals surface area contributed by atoms with Crippen molar-refractivity contribution in [1.29, 1.82) is 0 Å². The van der Waals surface area contributed by atoms with E-state index in [4.69, 9.17) is 5.73 Å². The fourth-order valence-electron chi connectivity index (χ4n) is 2.87. The minimum atomic E-state index is -0.0635. The quantitative estimate of drug-likeness (QED) is 0.654. The first-order valence-corrected chi connectivity index (χ1v) is 6.89. The minimum absolute atomic E-state index is 0.0145. The topological polar surface area (TPSA) is 84.2 Å². The number of hydrogen-bond acceptors (Lipinski definition) is 3. The molecule has 4 N–H and O–H groups in total. The van der Waals surface area contributed by atoms with E-state index in [1.165, 1.54) is 0 Å². The standard InChI is InChI=1S/C13H23N3O2/c1-8-2-4-11(14)10(6-8)13(18)16-9-3-5-12(17)15-7-9/h8-11H,2-7,14H2,1H3,(H,15,17)(H,16,18). The minimum Gasteiger partial charge on any atom is -0.354 e. The van der Waals surface area contributed by atoms with Crippen LogP contribution in [0, 0.1) is 11.8 Å². The molecule has 1 heterocycles. The lowest BCUT2D eigenvalue weighted by atomic mass is 9.78. The molecule has 0 radical (unpaired) electrons. The second-order valence-electron chi connectivity index (χ2n) is 5.74. The first-order chi connectivity index (χ1) is 8.56. The highest BCUT2D eigenvalue weighted by Gasteiger charge is 2.32. The summed E-state index contributed by atoms with van der Waals surface area (Å²) in [6.07, 6.45) is 4.16. The Balaban J connectivity index is 1.85. The van der Waals surface area contributed by atoms with Gasteiger partial charge >= 0.3 is 0 Å². The van der Waals surface area contributed by atoms with Crippen LogP contribution in [0.4, 0.5) is 0 Å². The summed E-state index contributed by atoms with van der Waals surface area (Å²) in [5.41, 5.74) is 6.04. The van der Waals surface area contributed by atoms with Gasteiger partial charge in [-0.05, 0) is 31.6 Å². The van der Waals surface area contributed by atoms with Gasteiger partial charge in [0.1, 0.15) is 0 Å². The maximum absolute atomic E-state index is 12.2. The molecular formula is C13H23N3O2. The zero-order chi connectivity index (χ0) is 13.1. The monoisotopic (exact) mass is 253 g/mol. The zero-order valence-corrected chi connectivity index (χ0v) is 10.9. The molecule has 2 fully saturated rings. The van der Waals surface area contributed by atoms with E-state index in [0.717, 1.165) is 25.7 Å². The van der Waals surface area contributed by atoms with E-state index in [-0.39, 0.29) is 29.8 Å². The molecule has 1 saturated carbocycles. The van der Waals surface area contributed by atoms with Crippen LogP contribution in [0.1, 0.15) is 39.0 Å². The van der Waals surface area contributed by atoms with Crippen LogP contribution >= 0.6 is 0 Å². The molecule has 0 spiro atoms. The maximum atomic E-state index is 12.2. The van der Waals surface area contributed by atoms with Crippen LogP contribution in [0.2, 0.25) is 0 Å². The van der Waals surface area contributed by atoms with Crippen LogP contribution in [0.5, 0.6) is 0 Å². The average molecular weight is 253 g/mol. The number of rotatable bonds is 2. The third-order valence-electron chi connectivity index (χ3n) is 4.11. The van der Waals surface area contributed by atoms with Gasteiger partial charge in [-0.1, -0.05) is 6.92 Å². The van der Waals surface area contributed by atoms with Crippen molar-refractivity contribution in [3.05, 3.63) is 0 Å². The van der Waals surface area contributed by atoms with Gasteiger partial charge in [-0.25, -0.2) is 0 Å². The predicted molar refractivity (Wildman–Crippen MR) is 68.7 cm³/mol. The first kappa shape index (κ1) is 13.3. The Kier molecular flexibility index (Phi) is 4.22. The normalized spacial score (nSPS) is 36.9. The van der Waals surface area contributed by atoms with Gasteiger partial charge in [-0.2, -0.15) is 0 Å². The van der Waals surface area contributed by atoms with Crippen LogP contribution in [0.25, 0.3) is 0 Å². The number of carbonyl (C=O) groups is 2. The van der Waals surface area contributed by atoms with Gasteiger partial charge in [0, 0.05) is 25.0 Å². The molecule has 2 amide bonds. The van der Waals surface area contributed by atoms with Crippen molar-refractivity contribution >= 4 is 11.8 Å². The van der Waals surface area contributed by atoms with E-state index in [1.807, 2.05) is 0 Å². The summed E-state index contributed by atoms with van der Waals surface area (Å²) in [5.74, 6) is 0.650. The van der Waals surface area contributed by atoms with Gasteiger partial charge in [-0.15, -0.1) is 0 Å². The largest absolute Gasteiger partial charge is 0.354 e. The molecule has 1 aliphatic carbocycles. The zero-order valence-electron chi connectivity index (χ0n) is 10.9. The third-order valence-corrected chi connectivity index (χ3v) is 4.11. The molecule has 2 rings (SSSR count). The Hall–Kier alpha value is -1.10. The van der Waals surface area contributed by atoms with Crippen LogP contribution in [0.3, 0.4) is 0 Å². The fraction of sp³-hybridized carbons (Fsp3) is 0.846. The van der Waals surface area contributed by atoms with Crippen LogP contribution in [-0.4, -0.2) is 30.4 Å². The summed E-state index contributed by atoms with van der Waals surface area (Å²) in [6, 6.07) is 0.0546. The molecule has 1 aliphatic heterocycles. The van der Waals surface area contributed by atoms with Gasteiger partial charge in [-0.3, -0.25) is 9.59 Å². The van der Waals surface area contributed by atoms with E-state index in [2.05, 4.69) is 17.6 Å². The number of amides is 2. The maximum Gasteiger partial charge on any atom is 0.224 e. The van der Waals surface area contributed by atoms with Crippen molar-refractivity contribution in [1.82, 2.24) is 10.6 Å². The van der Waals surface area contributed by atoms with Crippen molar-refractivity contribution in [3.63, 3.8) is 0 Å². The van der Waals surface area contributed by atoms with E-state index in [0.29, 0.717) is 18.9 Å². The molecule has 0 aromatic rings. The molecule has 0 bridgehead atoms. The van der Waals surface area contributed by atoms with Crippen LogP contribution in [0.15, 0.2) is 0 Å². The molecule has 18 heavy (non-hydrogen) atoms. The van der Waals surface area contributed by atoms with Crippen LogP contribution in [-0.2, 0) is 9.59 Å². The molecule has 4 atom stereocenters. The first-order valence-electron chi connectivity index (χ1n) is 6.89. The van der Waals surface area contributed by atoms with Crippen molar-refractivity contribution in [2.45, 2.75) is 51.1 Å². The van der Waals surface area contributed by atoms with Crippen molar-refractivity contribution in [2.24, 2.45) is 17.6 Å². The lowest BCUT2D eigenvalue weighted by molar-refractivity contribution is -0.129. The second-order valence-corrected chi connectivity index (χ2v) is 5.74. The smallest absolute Gasteiger partial charge is 0.224 e. The highest BCUT2D eigenvalue weighted by atomic mass is 16.2. The molecule has 4 unspecified atom stereocenters. The number of carbonyl (C=O) groups excluding carboxylic acids is 2. The van der Waals surface area contributed by atoms with Gasteiger partial charge in [0.2, 0.25) is 11.8 Å². The van der Waals surface area contributed by atoms with Gasteiger partial charge in [0.15, 0.2) is 0 Å². The summed E-state index contributed by atoms with van der Waals surface area (Å²) in [6.45, 7) is 2.72. The van der Waals surface area contributed by atoms with Crippen molar-refractivity contribution in [3.8, 4) is 0 Å².